The largest absolute Gasteiger partial charge is 0.469 e. The molecule has 1 aromatic heterocycles. The molecule has 1 aromatic rings. The molecule has 1 rings (SSSR count). The van der Waals surface area contributed by atoms with Crippen LogP contribution in [0.1, 0.15) is 30.6 Å². The molecule has 0 aliphatic carbocycles. The molecule has 0 aliphatic rings. The van der Waals surface area contributed by atoms with Crippen LogP contribution < -0.4 is 0 Å². The third-order valence-corrected chi connectivity index (χ3v) is 3.21. The van der Waals surface area contributed by atoms with Crippen LogP contribution in [0.4, 0.5) is 0 Å². The van der Waals surface area contributed by atoms with Crippen LogP contribution in [-0.4, -0.2) is 55.2 Å². The molecule has 0 N–H and O–H groups in total. The van der Waals surface area contributed by atoms with Crippen molar-refractivity contribution in [3.05, 3.63) is 30.1 Å². The van der Waals surface area contributed by atoms with E-state index in [0.29, 0.717) is 38.3 Å². The fraction of sp³-hybridized carbons (Fsp3) is 0.562. The van der Waals surface area contributed by atoms with E-state index in [1.165, 1.54) is 13.3 Å². The van der Waals surface area contributed by atoms with Crippen molar-refractivity contribution in [2.45, 2.75) is 20.3 Å². The predicted octanol–water partition coefficient (Wildman–Crippen LogP) is 1.76. The Morgan fingerprint density at radius 3 is 2.77 bits per heavy atom. The molecule has 0 aliphatic heterocycles. The van der Waals surface area contributed by atoms with Crippen molar-refractivity contribution in [3.63, 3.8) is 0 Å². The van der Waals surface area contributed by atoms with E-state index in [0.717, 1.165) is 0 Å². The molecule has 1 heterocycles. The van der Waals surface area contributed by atoms with Gasteiger partial charge in [-0.15, -0.1) is 0 Å². The summed E-state index contributed by atoms with van der Waals surface area (Å²) in [6.07, 6.45) is 3.86. The molecule has 0 spiro atoms. The third-order valence-electron chi connectivity index (χ3n) is 3.21. The first-order valence-corrected chi connectivity index (χ1v) is 7.45. The Kier molecular flexibility index (Phi) is 8.14. The number of esters is 1. The first-order valence-electron chi connectivity index (χ1n) is 7.45. The minimum absolute atomic E-state index is 0.139. The zero-order valence-electron chi connectivity index (χ0n) is 13.4. The van der Waals surface area contributed by atoms with E-state index in [4.69, 9.17) is 9.47 Å². The smallest absolute Gasteiger partial charge is 0.310 e. The van der Waals surface area contributed by atoms with Gasteiger partial charge in [-0.25, -0.2) is 0 Å². The average molecular weight is 308 g/mol. The fourth-order valence-corrected chi connectivity index (χ4v) is 2.06. The number of rotatable bonds is 9. The first-order chi connectivity index (χ1) is 10.6. The fourth-order valence-electron chi connectivity index (χ4n) is 2.06. The predicted molar refractivity (Wildman–Crippen MR) is 82.4 cm³/mol. The molecule has 1 amide bonds. The lowest BCUT2D eigenvalue weighted by atomic mass is 10.1. The molecule has 0 radical (unpaired) electrons. The van der Waals surface area contributed by atoms with E-state index in [9.17, 15) is 9.59 Å². The van der Waals surface area contributed by atoms with Gasteiger partial charge in [0, 0.05) is 38.7 Å². The Labute approximate surface area is 131 Å². The van der Waals surface area contributed by atoms with E-state index in [1.807, 2.05) is 6.92 Å². The van der Waals surface area contributed by atoms with Gasteiger partial charge in [0.2, 0.25) is 0 Å². The molecule has 6 heteroatoms. The quantitative estimate of drug-likeness (QED) is 0.513. The molecule has 6 nitrogen and oxygen atoms in total. The van der Waals surface area contributed by atoms with Gasteiger partial charge in [0.1, 0.15) is 0 Å². The van der Waals surface area contributed by atoms with Crippen LogP contribution >= 0.6 is 0 Å². The Balaban J connectivity index is 2.72. The van der Waals surface area contributed by atoms with Crippen LogP contribution in [0.25, 0.3) is 0 Å². The number of pyridine rings is 1. The van der Waals surface area contributed by atoms with Gasteiger partial charge in [0.05, 0.1) is 18.6 Å². The summed E-state index contributed by atoms with van der Waals surface area (Å²) in [5, 5.41) is 0. The molecule has 0 saturated carbocycles. The van der Waals surface area contributed by atoms with Gasteiger partial charge in [-0.3, -0.25) is 14.6 Å². The van der Waals surface area contributed by atoms with E-state index in [1.54, 1.807) is 30.2 Å². The topological polar surface area (TPSA) is 68.7 Å². The Morgan fingerprint density at radius 1 is 1.41 bits per heavy atom. The molecular formula is C16H24N2O4. The lowest BCUT2D eigenvalue weighted by Gasteiger charge is -2.25. The second-order valence-electron chi connectivity index (χ2n) is 4.97. The molecule has 0 fully saturated rings. The van der Waals surface area contributed by atoms with Crippen LogP contribution in [0.3, 0.4) is 0 Å². The van der Waals surface area contributed by atoms with Crippen molar-refractivity contribution in [3.8, 4) is 0 Å². The Morgan fingerprint density at radius 2 is 2.18 bits per heavy atom. The molecule has 0 aromatic carbocycles. The maximum Gasteiger partial charge on any atom is 0.310 e. The second kappa shape index (κ2) is 9.89. The number of ether oxygens (including phenoxy) is 2. The van der Waals surface area contributed by atoms with Gasteiger partial charge in [-0.2, -0.15) is 0 Å². The molecule has 0 bridgehead atoms. The summed E-state index contributed by atoms with van der Waals surface area (Å²) in [6, 6.07) is 3.43. The van der Waals surface area contributed by atoms with Crippen molar-refractivity contribution in [1.82, 2.24) is 9.88 Å². The minimum atomic E-state index is -0.377. The lowest BCUT2D eigenvalue weighted by molar-refractivity contribution is -0.145. The number of hydrogen-bond acceptors (Lipinski definition) is 5. The number of carbonyl (C=O) groups excluding carboxylic acids is 2. The number of amides is 1. The summed E-state index contributed by atoms with van der Waals surface area (Å²) in [6.45, 7) is 5.74. The van der Waals surface area contributed by atoms with Crippen LogP contribution in [0, 0.1) is 5.92 Å². The third kappa shape index (κ3) is 5.81. The number of nitrogens with zero attached hydrogens (tertiary/aromatic N) is 2. The van der Waals surface area contributed by atoms with Gasteiger partial charge in [0.25, 0.3) is 5.91 Å². The number of methoxy groups -OCH3 is 1. The minimum Gasteiger partial charge on any atom is -0.469 e. The zero-order chi connectivity index (χ0) is 16.4. The zero-order valence-corrected chi connectivity index (χ0v) is 13.4. The molecule has 1 atom stereocenters. The van der Waals surface area contributed by atoms with E-state index in [2.05, 4.69) is 4.98 Å². The van der Waals surface area contributed by atoms with Crippen LogP contribution in [0.5, 0.6) is 0 Å². The van der Waals surface area contributed by atoms with Crippen molar-refractivity contribution in [1.29, 1.82) is 0 Å². The van der Waals surface area contributed by atoms with E-state index >= 15 is 0 Å². The number of aromatic nitrogens is 1. The summed E-state index contributed by atoms with van der Waals surface area (Å²) in [4.78, 5) is 29.7. The van der Waals surface area contributed by atoms with Crippen LogP contribution in [-0.2, 0) is 14.3 Å². The summed E-state index contributed by atoms with van der Waals surface area (Å²) < 4.78 is 10.0. The SMILES string of the molecule is CCOCCCN(CC(C)C(=O)OC)C(=O)c1cccnc1. The van der Waals surface area contributed by atoms with Gasteiger partial charge in [-0.1, -0.05) is 6.92 Å². The molecular weight excluding hydrogens is 284 g/mol. The Hall–Kier alpha value is -1.95. The van der Waals surface area contributed by atoms with Gasteiger partial charge < -0.3 is 14.4 Å². The van der Waals surface area contributed by atoms with Crippen molar-refractivity contribution in [2.75, 3.05) is 33.4 Å². The maximum atomic E-state index is 12.5. The number of hydrogen-bond donors (Lipinski definition) is 0. The number of carbonyl (C=O) groups is 2. The molecule has 22 heavy (non-hydrogen) atoms. The standard InChI is InChI=1S/C16H24N2O4/c1-4-22-10-6-9-18(12-13(2)16(20)21-3)15(19)14-7-5-8-17-11-14/h5,7-8,11,13H,4,6,9-10,12H2,1-3H3. The van der Waals surface area contributed by atoms with Gasteiger partial charge >= 0.3 is 5.97 Å². The van der Waals surface area contributed by atoms with Crippen molar-refractivity contribution >= 4 is 11.9 Å². The summed E-state index contributed by atoms with van der Waals surface area (Å²) >= 11 is 0. The van der Waals surface area contributed by atoms with Crippen molar-refractivity contribution in [2.24, 2.45) is 5.92 Å². The molecule has 0 saturated heterocycles. The van der Waals surface area contributed by atoms with Crippen LogP contribution in [0.15, 0.2) is 24.5 Å². The second-order valence-corrected chi connectivity index (χ2v) is 4.97. The van der Waals surface area contributed by atoms with Gasteiger partial charge in [-0.05, 0) is 25.5 Å². The summed E-state index contributed by atoms with van der Waals surface area (Å²) in [7, 11) is 1.35. The van der Waals surface area contributed by atoms with Crippen LogP contribution in [0.2, 0.25) is 0 Å². The highest BCUT2D eigenvalue weighted by atomic mass is 16.5. The van der Waals surface area contributed by atoms with E-state index in [-0.39, 0.29) is 17.8 Å². The highest BCUT2D eigenvalue weighted by molar-refractivity contribution is 5.94. The van der Waals surface area contributed by atoms with E-state index < -0.39 is 0 Å². The Bertz CT molecular complexity index is 464. The lowest BCUT2D eigenvalue weighted by Crippen LogP contribution is -2.38. The first kappa shape index (κ1) is 18.1. The summed E-state index contributed by atoms with van der Waals surface area (Å²) in [5.74, 6) is -0.841. The van der Waals surface area contributed by atoms with Crippen molar-refractivity contribution < 1.29 is 19.1 Å². The monoisotopic (exact) mass is 308 g/mol. The average Bonchev–Trinajstić information content (AvgIpc) is 2.56. The maximum absolute atomic E-state index is 12.5. The highest BCUT2D eigenvalue weighted by Gasteiger charge is 2.22. The highest BCUT2D eigenvalue weighted by Crippen LogP contribution is 2.09. The summed E-state index contributed by atoms with van der Waals surface area (Å²) in [5.41, 5.74) is 0.510. The van der Waals surface area contributed by atoms with Gasteiger partial charge in [0.15, 0.2) is 0 Å². The molecule has 122 valence electrons. The molecule has 1 unspecified atom stereocenters. The normalized spacial score (nSPS) is 11.8.